The van der Waals surface area contributed by atoms with Crippen LogP contribution in [0, 0.1) is 6.92 Å². The molecule has 1 aliphatic carbocycles. The van der Waals surface area contributed by atoms with E-state index < -0.39 is 0 Å². The molecule has 2 aromatic heterocycles. The molecule has 0 saturated heterocycles. The molecule has 5 heteroatoms. The number of carbonyl (C=O) groups excluding carboxylic acids is 1. The van der Waals surface area contributed by atoms with Crippen molar-refractivity contribution in [2.24, 2.45) is 0 Å². The van der Waals surface area contributed by atoms with Crippen LogP contribution >= 0.6 is 0 Å². The molecule has 0 aliphatic heterocycles. The number of allylic oxidation sites excluding steroid dienone is 1. The smallest absolute Gasteiger partial charge is 0.205 e. The van der Waals surface area contributed by atoms with Crippen LogP contribution in [-0.4, -0.2) is 28.0 Å². The van der Waals surface area contributed by atoms with E-state index in [1.54, 1.807) is 24.4 Å². The Kier molecular flexibility index (Phi) is 3.57. The molecular weight excluding hydrogens is 316 g/mol. The third kappa shape index (κ3) is 2.58. The van der Waals surface area contributed by atoms with Gasteiger partial charge in [0.2, 0.25) is 5.78 Å². The maximum atomic E-state index is 12.9. The summed E-state index contributed by atoms with van der Waals surface area (Å²) >= 11 is 0. The third-order valence-electron chi connectivity index (χ3n) is 4.63. The molecule has 2 heterocycles. The normalized spacial score (nSPS) is 15.6. The summed E-state index contributed by atoms with van der Waals surface area (Å²) in [5, 5.41) is 10.8. The number of pyridine rings is 1. The highest BCUT2D eigenvalue weighted by Gasteiger charge is 2.26. The molecular formula is C20H18N2O3. The van der Waals surface area contributed by atoms with E-state index in [-0.39, 0.29) is 11.5 Å². The quantitative estimate of drug-likeness (QED) is 0.699. The minimum absolute atomic E-state index is 0.0159. The van der Waals surface area contributed by atoms with Crippen LogP contribution in [0.2, 0.25) is 0 Å². The van der Waals surface area contributed by atoms with Gasteiger partial charge in [0.25, 0.3) is 0 Å². The van der Waals surface area contributed by atoms with Crippen LogP contribution in [0.15, 0.2) is 36.0 Å². The van der Waals surface area contributed by atoms with E-state index >= 15 is 0 Å². The molecule has 0 amide bonds. The Balaban J connectivity index is 1.75. The lowest BCUT2D eigenvalue weighted by atomic mass is 9.89. The molecule has 5 nitrogen and oxygen atoms in total. The molecule has 4 rings (SSSR count). The lowest BCUT2D eigenvalue weighted by Gasteiger charge is -2.14. The van der Waals surface area contributed by atoms with Crippen LogP contribution in [0.3, 0.4) is 0 Å². The Morgan fingerprint density at radius 2 is 2.12 bits per heavy atom. The van der Waals surface area contributed by atoms with Crippen LogP contribution in [0.5, 0.6) is 11.5 Å². The predicted octanol–water partition coefficient (Wildman–Crippen LogP) is 3.80. The van der Waals surface area contributed by atoms with Gasteiger partial charge in [-0.2, -0.15) is 0 Å². The molecule has 126 valence electrons. The number of phenols is 1. The van der Waals surface area contributed by atoms with Crippen molar-refractivity contribution in [1.82, 2.24) is 9.97 Å². The number of aromatic nitrogens is 2. The molecule has 25 heavy (non-hydrogen) atoms. The Bertz CT molecular complexity index is 1030. The van der Waals surface area contributed by atoms with Gasteiger partial charge in [0.1, 0.15) is 0 Å². The number of nitrogens with zero attached hydrogens (tertiary/aromatic N) is 1. The lowest BCUT2D eigenvalue weighted by Crippen LogP contribution is -2.13. The number of aromatic amines is 1. The first-order valence-corrected chi connectivity index (χ1v) is 8.16. The average Bonchev–Trinajstić information content (AvgIpc) is 2.97. The molecule has 3 aromatic rings. The maximum absolute atomic E-state index is 12.9. The number of carbonyl (C=O) groups is 1. The number of phenolic OH excluding ortho intramolecular Hbond substituents is 1. The van der Waals surface area contributed by atoms with Crippen molar-refractivity contribution in [2.45, 2.75) is 19.8 Å². The van der Waals surface area contributed by atoms with E-state index in [9.17, 15) is 9.90 Å². The minimum atomic E-state index is 0.0159. The summed E-state index contributed by atoms with van der Waals surface area (Å²) in [5.41, 5.74) is 5.15. The highest BCUT2D eigenvalue weighted by atomic mass is 16.5. The summed E-state index contributed by atoms with van der Waals surface area (Å²) in [6.07, 6.45) is 5.14. The van der Waals surface area contributed by atoms with Gasteiger partial charge in [-0.25, -0.2) is 0 Å². The Morgan fingerprint density at radius 1 is 1.28 bits per heavy atom. The summed E-state index contributed by atoms with van der Waals surface area (Å²) in [5.74, 6) is 0.494. The van der Waals surface area contributed by atoms with Crippen molar-refractivity contribution in [3.05, 3.63) is 58.6 Å². The highest BCUT2D eigenvalue weighted by molar-refractivity contribution is 6.15. The largest absolute Gasteiger partial charge is 0.504 e. The molecule has 1 aliphatic rings. The number of H-pyrrole nitrogens is 1. The Labute approximate surface area is 145 Å². The molecule has 0 unspecified atom stereocenters. The minimum Gasteiger partial charge on any atom is -0.504 e. The fraction of sp³-hybridized carbons (Fsp3) is 0.200. The van der Waals surface area contributed by atoms with Crippen LogP contribution in [-0.2, 0) is 6.42 Å². The number of ether oxygens (including phenoxy) is 1. The van der Waals surface area contributed by atoms with Gasteiger partial charge in [0, 0.05) is 16.7 Å². The number of aromatic hydroxyl groups is 1. The van der Waals surface area contributed by atoms with E-state index in [4.69, 9.17) is 4.74 Å². The number of aryl methyl sites for hydroxylation is 2. The van der Waals surface area contributed by atoms with E-state index in [1.165, 1.54) is 7.11 Å². The summed E-state index contributed by atoms with van der Waals surface area (Å²) < 4.78 is 5.13. The van der Waals surface area contributed by atoms with E-state index in [0.29, 0.717) is 17.9 Å². The van der Waals surface area contributed by atoms with Gasteiger partial charge in [-0.3, -0.25) is 9.78 Å². The summed E-state index contributed by atoms with van der Waals surface area (Å²) in [7, 11) is 1.50. The van der Waals surface area contributed by atoms with Gasteiger partial charge in [0.15, 0.2) is 11.5 Å². The SMILES string of the molecule is COc1cc(/C=C2\CCc3c([nH]c4cnc(C)cc34)C2=O)ccc1O. The number of hydrogen-bond donors (Lipinski definition) is 2. The number of benzene rings is 1. The second-order valence-corrected chi connectivity index (χ2v) is 6.28. The van der Waals surface area contributed by atoms with Crippen molar-refractivity contribution >= 4 is 22.8 Å². The van der Waals surface area contributed by atoms with Gasteiger partial charge in [-0.1, -0.05) is 6.07 Å². The summed E-state index contributed by atoms with van der Waals surface area (Å²) in [6.45, 7) is 1.95. The molecule has 2 N–H and O–H groups in total. The van der Waals surface area contributed by atoms with Gasteiger partial charge in [-0.15, -0.1) is 0 Å². The van der Waals surface area contributed by atoms with Gasteiger partial charge in [-0.05, 0) is 55.2 Å². The zero-order valence-electron chi connectivity index (χ0n) is 14.1. The number of Topliss-reactive ketones (excluding diaryl/α,β-unsaturated/α-hetero) is 1. The molecule has 0 fully saturated rings. The van der Waals surface area contributed by atoms with Crippen LogP contribution in [0.1, 0.15) is 33.7 Å². The fourth-order valence-electron chi connectivity index (χ4n) is 3.36. The zero-order chi connectivity index (χ0) is 17.6. The van der Waals surface area contributed by atoms with Crippen molar-refractivity contribution in [3.8, 4) is 11.5 Å². The first-order valence-electron chi connectivity index (χ1n) is 8.16. The molecule has 0 atom stereocenters. The number of fused-ring (bicyclic) bond motifs is 3. The van der Waals surface area contributed by atoms with Crippen molar-refractivity contribution in [2.75, 3.05) is 7.11 Å². The van der Waals surface area contributed by atoms with Crippen LogP contribution < -0.4 is 4.74 Å². The van der Waals surface area contributed by atoms with Crippen molar-refractivity contribution in [1.29, 1.82) is 0 Å². The first kappa shape index (κ1) is 15.4. The number of rotatable bonds is 2. The Morgan fingerprint density at radius 3 is 2.92 bits per heavy atom. The molecule has 0 radical (unpaired) electrons. The second kappa shape index (κ2) is 5.77. The number of ketones is 1. The van der Waals surface area contributed by atoms with Crippen molar-refractivity contribution < 1.29 is 14.6 Å². The lowest BCUT2D eigenvalue weighted by molar-refractivity contribution is 0.102. The molecule has 1 aromatic carbocycles. The van der Waals surface area contributed by atoms with E-state index in [2.05, 4.69) is 9.97 Å². The number of hydrogen-bond acceptors (Lipinski definition) is 4. The maximum Gasteiger partial charge on any atom is 0.205 e. The van der Waals surface area contributed by atoms with Crippen molar-refractivity contribution in [3.63, 3.8) is 0 Å². The number of methoxy groups -OCH3 is 1. The summed E-state index contributed by atoms with van der Waals surface area (Å²) in [4.78, 5) is 20.4. The third-order valence-corrected chi connectivity index (χ3v) is 4.63. The van der Waals surface area contributed by atoms with E-state index in [1.807, 2.05) is 19.1 Å². The topological polar surface area (TPSA) is 75.2 Å². The van der Waals surface area contributed by atoms with Crippen LogP contribution in [0.4, 0.5) is 0 Å². The molecule has 0 bridgehead atoms. The monoisotopic (exact) mass is 334 g/mol. The van der Waals surface area contributed by atoms with Gasteiger partial charge >= 0.3 is 0 Å². The molecule has 0 spiro atoms. The standard InChI is InChI=1S/C20H18N2O3/c1-11-7-15-14-5-4-13(20(24)19(14)22-16(15)10-21-11)8-12-3-6-17(23)18(9-12)25-2/h3,6-10,22-23H,4-5H2,1-2H3/b13-8+. The number of nitrogens with one attached hydrogen (secondary N) is 1. The van der Waals surface area contributed by atoms with Gasteiger partial charge in [0.05, 0.1) is 24.5 Å². The highest BCUT2D eigenvalue weighted by Crippen LogP contribution is 2.33. The first-order chi connectivity index (χ1) is 12.1. The predicted molar refractivity (Wildman–Crippen MR) is 96.1 cm³/mol. The average molecular weight is 334 g/mol. The second-order valence-electron chi connectivity index (χ2n) is 6.28. The van der Waals surface area contributed by atoms with E-state index in [0.717, 1.165) is 39.7 Å². The van der Waals surface area contributed by atoms with Gasteiger partial charge < -0.3 is 14.8 Å². The Hall–Kier alpha value is -3.08. The zero-order valence-corrected chi connectivity index (χ0v) is 14.1. The molecule has 0 saturated carbocycles. The van der Waals surface area contributed by atoms with Crippen LogP contribution in [0.25, 0.3) is 17.0 Å². The summed E-state index contributed by atoms with van der Waals surface area (Å²) in [6, 6.07) is 7.09. The fourth-order valence-corrected chi connectivity index (χ4v) is 3.36.